The average Bonchev–Trinajstić information content (AvgIpc) is 2.82. The molecule has 0 aliphatic carbocycles. The van der Waals surface area contributed by atoms with E-state index in [1.807, 2.05) is 24.3 Å². The standard InChI is InChI=1S/C26H25ClN2O3/c27-22-13-11-20(12-14-22)26(31)29-16-17-32-24-10-4-3-9-23(24)25(30)28-15-5-8-19-6-1-2-7-21(19)18-29/h1-4,6-7,9-14H,5,8,15-18H2,(H,28,30). The van der Waals surface area contributed by atoms with Gasteiger partial charge in [0.05, 0.1) is 12.1 Å². The van der Waals surface area contributed by atoms with E-state index in [1.54, 1.807) is 41.3 Å². The van der Waals surface area contributed by atoms with Gasteiger partial charge in [-0.25, -0.2) is 0 Å². The van der Waals surface area contributed by atoms with E-state index in [9.17, 15) is 9.59 Å². The number of amides is 2. The van der Waals surface area contributed by atoms with E-state index in [4.69, 9.17) is 16.3 Å². The number of benzene rings is 3. The minimum absolute atomic E-state index is 0.0850. The fourth-order valence-electron chi connectivity index (χ4n) is 3.81. The van der Waals surface area contributed by atoms with E-state index in [0.717, 1.165) is 18.4 Å². The lowest BCUT2D eigenvalue weighted by Crippen LogP contribution is -2.35. The number of nitrogens with one attached hydrogen (secondary N) is 1. The first-order valence-electron chi connectivity index (χ1n) is 10.7. The molecule has 164 valence electrons. The summed E-state index contributed by atoms with van der Waals surface area (Å²) in [6.45, 7) is 1.70. The minimum atomic E-state index is -0.153. The van der Waals surface area contributed by atoms with Crippen molar-refractivity contribution in [1.29, 1.82) is 0 Å². The van der Waals surface area contributed by atoms with Gasteiger partial charge in [0.25, 0.3) is 11.8 Å². The van der Waals surface area contributed by atoms with E-state index in [2.05, 4.69) is 17.4 Å². The zero-order chi connectivity index (χ0) is 22.3. The van der Waals surface area contributed by atoms with Crippen molar-refractivity contribution < 1.29 is 14.3 Å². The Balaban J connectivity index is 1.63. The summed E-state index contributed by atoms with van der Waals surface area (Å²) in [5, 5.41) is 3.57. The van der Waals surface area contributed by atoms with Gasteiger partial charge in [0, 0.05) is 23.7 Å². The van der Waals surface area contributed by atoms with Gasteiger partial charge in [0.1, 0.15) is 12.4 Å². The molecule has 0 saturated carbocycles. The van der Waals surface area contributed by atoms with Gasteiger partial charge in [0.15, 0.2) is 0 Å². The molecule has 1 aliphatic rings. The maximum atomic E-state index is 13.3. The van der Waals surface area contributed by atoms with Gasteiger partial charge in [-0.3, -0.25) is 9.59 Å². The van der Waals surface area contributed by atoms with Crippen LogP contribution in [0.2, 0.25) is 5.02 Å². The number of ether oxygens (including phenoxy) is 1. The second-order valence-electron chi connectivity index (χ2n) is 7.71. The smallest absolute Gasteiger partial charge is 0.255 e. The molecule has 32 heavy (non-hydrogen) atoms. The summed E-state index contributed by atoms with van der Waals surface area (Å²) in [7, 11) is 0. The molecule has 3 aromatic carbocycles. The van der Waals surface area contributed by atoms with Gasteiger partial charge < -0.3 is 15.0 Å². The molecule has 0 bridgehead atoms. The van der Waals surface area contributed by atoms with Gasteiger partial charge >= 0.3 is 0 Å². The van der Waals surface area contributed by atoms with Crippen molar-refractivity contribution in [2.75, 3.05) is 19.7 Å². The number of hydrogen-bond donors (Lipinski definition) is 1. The van der Waals surface area contributed by atoms with Crippen LogP contribution in [0, 0.1) is 0 Å². The van der Waals surface area contributed by atoms with Gasteiger partial charge in [-0.15, -0.1) is 0 Å². The fourth-order valence-corrected chi connectivity index (χ4v) is 3.94. The van der Waals surface area contributed by atoms with Gasteiger partial charge in [0.2, 0.25) is 0 Å². The summed E-state index contributed by atoms with van der Waals surface area (Å²) in [5.74, 6) is 0.277. The number of halogens is 1. The molecule has 5 nitrogen and oxygen atoms in total. The number of para-hydroxylation sites is 1. The monoisotopic (exact) mass is 448 g/mol. The summed E-state index contributed by atoms with van der Waals surface area (Å²) in [6, 6.07) is 22.2. The van der Waals surface area contributed by atoms with Crippen LogP contribution >= 0.6 is 11.6 Å². The topological polar surface area (TPSA) is 58.6 Å². The quantitative estimate of drug-likeness (QED) is 0.585. The van der Waals surface area contributed by atoms with E-state index < -0.39 is 0 Å². The number of rotatable bonds is 1. The van der Waals surface area contributed by atoms with Crippen molar-refractivity contribution in [3.8, 4) is 5.75 Å². The zero-order valence-electron chi connectivity index (χ0n) is 17.7. The molecule has 3 aromatic rings. The predicted molar refractivity (Wildman–Crippen MR) is 125 cm³/mol. The highest BCUT2D eigenvalue weighted by atomic mass is 35.5. The maximum absolute atomic E-state index is 13.3. The summed E-state index contributed by atoms with van der Waals surface area (Å²) < 4.78 is 5.95. The van der Waals surface area contributed by atoms with Crippen LogP contribution in [0.1, 0.15) is 38.3 Å². The number of nitrogens with zero attached hydrogens (tertiary/aromatic N) is 1. The second kappa shape index (κ2) is 10.3. The van der Waals surface area contributed by atoms with Crippen LogP contribution in [0.4, 0.5) is 0 Å². The normalized spacial score (nSPS) is 14.9. The van der Waals surface area contributed by atoms with Crippen LogP contribution in [0.15, 0.2) is 72.8 Å². The summed E-state index contributed by atoms with van der Waals surface area (Å²) >= 11 is 6.00. The number of carbonyl (C=O) groups is 2. The first-order chi connectivity index (χ1) is 15.6. The Labute approximate surface area is 193 Å². The van der Waals surface area contributed by atoms with Crippen molar-refractivity contribution in [2.45, 2.75) is 19.4 Å². The molecular formula is C26H25ClN2O3. The Hall–Kier alpha value is -3.31. The second-order valence-corrected chi connectivity index (χ2v) is 8.14. The molecule has 1 aliphatic heterocycles. The molecule has 0 atom stereocenters. The molecular weight excluding hydrogens is 424 g/mol. The van der Waals surface area contributed by atoms with Crippen LogP contribution in [0.5, 0.6) is 5.75 Å². The number of hydrogen-bond acceptors (Lipinski definition) is 3. The summed E-state index contributed by atoms with van der Waals surface area (Å²) in [4.78, 5) is 27.7. The SMILES string of the molecule is O=C1NCCCc2ccccc2CN(C(=O)c2ccc(Cl)cc2)CCOc2ccccc21. The van der Waals surface area contributed by atoms with Crippen LogP contribution in [-0.2, 0) is 13.0 Å². The minimum Gasteiger partial charge on any atom is -0.491 e. The highest BCUT2D eigenvalue weighted by molar-refractivity contribution is 6.30. The molecule has 0 aromatic heterocycles. The van der Waals surface area contributed by atoms with E-state index >= 15 is 0 Å². The van der Waals surface area contributed by atoms with E-state index in [-0.39, 0.29) is 18.4 Å². The lowest BCUT2D eigenvalue weighted by Gasteiger charge is -2.25. The molecule has 0 fully saturated rings. The van der Waals surface area contributed by atoms with Crippen molar-refractivity contribution >= 4 is 23.4 Å². The Morgan fingerprint density at radius 1 is 0.938 bits per heavy atom. The predicted octanol–water partition coefficient (Wildman–Crippen LogP) is 4.74. The van der Waals surface area contributed by atoms with E-state index in [1.165, 1.54) is 5.56 Å². The summed E-state index contributed by atoms with van der Waals surface area (Å²) in [5.41, 5.74) is 3.35. The first kappa shape index (κ1) is 21.9. The molecule has 1 heterocycles. The van der Waals surface area contributed by atoms with Gasteiger partial charge in [-0.1, -0.05) is 48.0 Å². The highest BCUT2D eigenvalue weighted by Gasteiger charge is 2.19. The van der Waals surface area contributed by atoms with Crippen LogP contribution in [-0.4, -0.2) is 36.4 Å². The molecule has 0 unspecified atom stereocenters. The Morgan fingerprint density at radius 2 is 1.66 bits per heavy atom. The average molecular weight is 449 g/mol. The molecule has 1 N–H and O–H groups in total. The van der Waals surface area contributed by atoms with Crippen molar-refractivity contribution in [1.82, 2.24) is 10.2 Å². The van der Waals surface area contributed by atoms with Crippen LogP contribution < -0.4 is 10.1 Å². The molecule has 0 spiro atoms. The molecule has 0 saturated heterocycles. The fraction of sp³-hybridized carbons (Fsp3) is 0.231. The van der Waals surface area contributed by atoms with Gasteiger partial charge in [-0.2, -0.15) is 0 Å². The molecule has 2 amide bonds. The third-order valence-corrected chi connectivity index (χ3v) is 5.77. The van der Waals surface area contributed by atoms with Crippen molar-refractivity contribution in [3.63, 3.8) is 0 Å². The Bertz CT molecular complexity index is 1100. The largest absolute Gasteiger partial charge is 0.491 e. The van der Waals surface area contributed by atoms with Crippen LogP contribution in [0.25, 0.3) is 0 Å². The highest BCUT2D eigenvalue weighted by Crippen LogP contribution is 2.20. The third-order valence-electron chi connectivity index (χ3n) is 5.52. The van der Waals surface area contributed by atoms with Crippen molar-refractivity contribution in [2.24, 2.45) is 0 Å². The number of fused-ring (bicyclic) bond motifs is 2. The first-order valence-corrected chi connectivity index (χ1v) is 11.1. The Kier molecular flexibility index (Phi) is 7.07. The number of carbonyl (C=O) groups excluding carboxylic acids is 2. The number of aryl methyl sites for hydroxylation is 1. The Morgan fingerprint density at radius 3 is 2.47 bits per heavy atom. The molecule has 6 heteroatoms. The molecule has 0 radical (unpaired) electrons. The zero-order valence-corrected chi connectivity index (χ0v) is 18.5. The maximum Gasteiger partial charge on any atom is 0.255 e. The lowest BCUT2D eigenvalue weighted by atomic mass is 10.0. The summed E-state index contributed by atoms with van der Waals surface area (Å²) in [6.07, 6.45) is 1.62. The third kappa shape index (κ3) is 5.29. The van der Waals surface area contributed by atoms with Gasteiger partial charge in [-0.05, 0) is 60.4 Å². The lowest BCUT2D eigenvalue weighted by molar-refractivity contribution is 0.0713. The van der Waals surface area contributed by atoms with Crippen LogP contribution in [0.3, 0.4) is 0 Å². The molecule has 4 rings (SSSR count). The van der Waals surface area contributed by atoms with E-state index in [0.29, 0.717) is 41.5 Å². The van der Waals surface area contributed by atoms with Crippen molar-refractivity contribution in [3.05, 3.63) is 100 Å².